The van der Waals surface area contributed by atoms with Crippen molar-refractivity contribution in [3.63, 3.8) is 0 Å². The normalized spacial score (nSPS) is 32.6. The van der Waals surface area contributed by atoms with Crippen LogP contribution in [0.4, 0.5) is 0 Å². The number of benzene rings is 1. The van der Waals surface area contributed by atoms with Gasteiger partial charge < -0.3 is 29.9 Å². The van der Waals surface area contributed by atoms with E-state index in [4.69, 9.17) is 10.8 Å². The van der Waals surface area contributed by atoms with Crippen molar-refractivity contribution in [1.29, 1.82) is 0 Å². The number of aliphatic hydroxyl groups excluding tert-OH is 3. The van der Waals surface area contributed by atoms with Crippen LogP contribution in [0.25, 0.3) is 0 Å². The average molecular weight is 383 g/mol. The molecule has 0 aromatic heterocycles. The number of aryl methyl sites for hydroxylation is 1. The third-order valence-corrected chi connectivity index (χ3v) is 4.70. The molecule has 1 aromatic carbocycles. The van der Waals surface area contributed by atoms with E-state index in [1.54, 1.807) is 6.92 Å². The minimum absolute atomic E-state index is 0.178. The average Bonchev–Trinajstić information content (AvgIpc) is 2.69. The van der Waals surface area contributed by atoms with Gasteiger partial charge in [0.05, 0.1) is 0 Å². The van der Waals surface area contributed by atoms with Crippen molar-refractivity contribution in [1.82, 2.24) is 0 Å². The second kappa shape index (κ2) is 10.1. The molecule has 1 heterocycles. The predicted octanol–water partition coefficient (Wildman–Crippen LogP) is 0.913. The van der Waals surface area contributed by atoms with Crippen LogP contribution < -0.4 is 0 Å². The summed E-state index contributed by atoms with van der Waals surface area (Å²) in [6, 6.07) is 9.72. The highest BCUT2D eigenvalue weighted by Gasteiger charge is 2.52. The lowest BCUT2D eigenvalue weighted by molar-refractivity contribution is -0.351. The summed E-state index contributed by atoms with van der Waals surface area (Å²) in [6.45, 7) is 1.38. The summed E-state index contributed by atoms with van der Waals surface area (Å²) in [4.78, 5) is 12.0. The van der Waals surface area contributed by atoms with Gasteiger partial charge in [-0.25, -0.2) is 0 Å². The van der Waals surface area contributed by atoms with Crippen molar-refractivity contribution in [3.05, 3.63) is 35.9 Å². The summed E-state index contributed by atoms with van der Waals surface area (Å²) < 4.78 is 18.3. The number of hydrogen-bond donors (Lipinski definition) is 4. The largest absolute Gasteiger partial charge is 0.463 e. The summed E-state index contributed by atoms with van der Waals surface area (Å²) >= 11 is 0. The Balaban J connectivity index is 1.84. The number of carbonyl (C=O) groups is 1. The molecule has 152 valence electrons. The molecule has 4 N–H and O–H groups in total. The van der Waals surface area contributed by atoms with Crippen molar-refractivity contribution >= 4 is 5.97 Å². The van der Waals surface area contributed by atoms with Crippen molar-refractivity contribution in [2.45, 2.75) is 75.6 Å². The Bertz CT molecular complexity index is 614. The highest BCUT2D eigenvalue weighted by Crippen LogP contribution is 2.32. The van der Waals surface area contributed by atoms with E-state index in [1.165, 1.54) is 0 Å². The van der Waals surface area contributed by atoms with Gasteiger partial charge in [-0.3, -0.25) is 4.79 Å². The molecule has 7 heteroatoms. The summed E-state index contributed by atoms with van der Waals surface area (Å²) in [6.07, 6.45) is -5.22. The molecule has 0 aliphatic carbocycles. The number of rotatable bonds is 9. The van der Waals surface area contributed by atoms with Crippen LogP contribution in [0.5, 0.6) is 0 Å². The molecule has 7 nitrogen and oxygen atoms in total. The second-order valence-electron chi connectivity index (χ2n) is 6.85. The first-order valence-corrected chi connectivity index (χ1v) is 9.33. The quantitative estimate of drug-likeness (QED) is 0.468. The molecule has 1 aliphatic heterocycles. The summed E-state index contributed by atoms with van der Waals surface area (Å²) in [7, 11) is 0. The minimum atomic E-state index is -2.19. The van der Waals surface area contributed by atoms with E-state index in [2.05, 4.69) is 0 Å². The molecule has 27 heavy (non-hydrogen) atoms. The van der Waals surface area contributed by atoms with Crippen LogP contribution in [0.2, 0.25) is 0 Å². The van der Waals surface area contributed by atoms with E-state index in [0.717, 1.165) is 12.0 Å². The standard InChI is InChI=1S/C20H30O7/c1-2-3-12-20(25)19(24)18(23)17(22)15(27-20)13-26-16(21)11-7-10-14-8-5-4-6-9-14/h4-6,8-9,15,17-19,22-25H,2-3,7,10-13H2,1H3/t15-,17-,18+,19-,20?/m1/s1/i3D/t3?,15-,17-,18+,19-,20?. The van der Waals surface area contributed by atoms with Gasteiger partial charge in [-0.2, -0.15) is 0 Å². The highest BCUT2D eigenvalue weighted by atomic mass is 16.7. The van der Waals surface area contributed by atoms with Gasteiger partial charge in [0.1, 0.15) is 31.0 Å². The SMILES string of the molecule is [2H]C(CC)CC1(O)O[C@H](COC(=O)CCCc2ccccc2)[C@@H](O)[C@H](O)[C@H]1O. The van der Waals surface area contributed by atoms with Crippen molar-refractivity contribution in [3.8, 4) is 0 Å². The monoisotopic (exact) mass is 383 g/mol. The van der Waals surface area contributed by atoms with Gasteiger partial charge >= 0.3 is 5.97 Å². The van der Waals surface area contributed by atoms with E-state index in [1.807, 2.05) is 30.3 Å². The van der Waals surface area contributed by atoms with E-state index in [0.29, 0.717) is 12.8 Å². The third kappa shape index (κ3) is 5.99. The fourth-order valence-corrected chi connectivity index (χ4v) is 3.06. The van der Waals surface area contributed by atoms with E-state index >= 15 is 0 Å². The van der Waals surface area contributed by atoms with Crippen LogP contribution in [-0.2, 0) is 20.7 Å². The summed E-state index contributed by atoms with van der Waals surface area (Å²) in [5, 5.41) is 40.7. The van der Waals surface area contributed by atoms with E-state index < -0.39 is 42.6 Å². The summed E-state index contributed by atoms with van der Waals surface area (Å²) in [5.74, 6) is -2.67. The molecule has 2 rings (SSSR count). The van der Waals surface area contributed by atoms with Crippen molar-refractivity contribution in [2.75, 3.05) is 6.61 Å². The molecule has 1 aromatic rings. The Morgan fingerprint density at radius 3 is 2.63 bits per heavy atom. The Morgan fingerprint density at radius 1 is 1.26 bits per heavy atom. The topological polar surface area (TPSA) is 116 Å². The molecule has 0 spiro atoms. The maximum absolute atomic E-state index is 12.0. The molecular weight excluding hydrogens is 352 g/mol. The number of aliphatic hydroxyl groups is 4. The lowest BCUT2D eigenvalue weighted by Gasteiger charge is -2.45. The zero-order valence-electron chi connectivity index (χ0n) is 16.5. The third-order valence-electron chi connectivity index (χ3n) is 4.70. The molecule has 1 saturated heterocycles. The molecule has 6 atom stereocenters. The number of ether oxygens (including phenoxy) is 2. The van der Waals surface area contributed by atoms with Crippen LogP contribution in [-0.4, -0.2) is 63.2 Å². The van der Waals surface area contributed by atoms with Gasteiger partial charge in [-0.15, -0.1) is 0 Å². The van der Waals surface area contributed by atoms with Crippen LogP contribution >= 0.6 is 0 Å². The first-order chi connectivity index (χ1) is 13.3. The Morgan fingerprint density at radius 2 is 1.96 bits per heavy atom. The Hall–Kier alpha value is -1.51. The molecule has 1 aliphatic rings. The van der Waals surface area contributed by atoms with Crippen LogP contribution in [0.1, 0.15) is 45.9 Å². The fraction of sp³-hybridized carbons (Fsp3) is 0.650. The molecule has 2 unspecified atom stereocenters. The number of hydrogen-bond acceptors (Lipinski definition) is 7. The molecule has 1 fully saturated rings. The fourth-order valence-electron chi connectivity index (χ4n) is 3.06. The second-order valence-corrected chi connectivity index (χ2v) is 6.85. The van der Waals surface area contributed by atoms with Gasteiger partial charge in [0.2, 0.25) is 0 Å². The maximum Gasteiger partial charge on any atom is 0.305 e. The number of carbonyl (C=O) groups excluding carboxylic acids is 1. The van der Waals surface area contributed by atoms with E-state index in [9.17, 15) is 25.2 Å². The van der Waals surface area contributed by atoms with Crippen LogP contribution in [0, 0.1) is 0 Å². The predicted molar refractivity (Wildman–Crippen MR) is 97.7 cm³/mol. The number of esters is 1. The molecule has 0 amide bonds. The highest BCUT2D eigenvalue weighted by molar-refractivity contribution is 5.69. The van der Waals surface area contributed by atoms with Crippen LogP contribution in [0.3, 0.4) is 0 Å². The zero-order chi connectivity index (χ0) is 20.7. The van der Waals surface area contributed by atoms with Gasteiger partial charge in [0.25, 0.3) is 0 Å². The lowest BCUT2D eigenvalue weighted by Crippen LogP contribution is -2.65. The maximum atomic E-state index is 12.0. The first-order valence-electron chi connectivity index (χ1n) is 9.90. The van der Waals surface area contributed by atoms with Gasteiger partial charge in [0.15, 0.2) is 5.79 Å². The minimum Gasteiger partial charge on any atom is -0.463 e. The molecular formula is C20H30O7. The van der Waals surface area contributed by atoms with Gasteiger partial charge in [-0.1, -0.05) is 43.7 Å². The zero-order valence-corrected chi connectivity index (χ0v) is 15.5. The Labute approximate surface area is 161 Å². The van der Waals surface area contributed by atoms with Crippen LogP contribution in [0.15, 0.2) is 30.3 Å². The first kappa shape index (κ1) is 20.2. The van der Waals surface area contributed by atoms with Crippen molar-refractivity contribution < 1.29 is 36.1 Å². The van der Waals surface area contributed by atoms with Crippen molar-refractivity contribution in [2.24, 2.45) is 0 Å². The smallest absolute Gasteiger partial charge is 0.305 e. The molecule has 0 bridgehead atoms. The van der Waals surface area contributed by atoms with Gasteiger partial charge in [-0.05, 0) is 24.8 Å². The lowest BCUT2D eigenvalue weighted by atomic mass is 9.89. The molecule has 0 saturated carbocycles. The van der Waals surface area contributed by atoms with E-state index in [-0.39, 0.29) is 19.4 Å². The molecule has 0 radical (unpaired) electrons. The van der Waals surface area contributed by atoms with Gasteiger partial charge in [0, 0.05) is 14.2 Å². The summed E-state index contributed by atoms with van der Waals surface area (Å²) in [5.41, 5.74) is 1.12. The Kier molecular flexibility index (Phi) is 7.60.